The van der Waals surface area contributed by atoms with Gasteiger partial charge in [0.1, 0.15) is 12.1 Å². The third-order valence-electron chi connectivity index (χ3n) is 6.17. The van der Waals surface area contributed by atoms with Crippen molar-refractivity contribution in [3.05, 3.63) is 35.9 Å². The van der Waals surface area contributed by atoms with E-state index in [9.17, 15) is 22.8 Å². The highest BCUT2D eigenvalue weighted by atomic mass is 32.2. The lowest BCUT2D eigenvalue weighted by molar-refractivity contribution is -0.140. The van der Waals surface area contributed by atoms with E-state index in [1.165, 1.54) is 0 Å². The van der Waals surface area contributed by atoms with Gasteiger partial charge in [-0.3, -0.25) is 14.5 Å². The van der Waals surface area contributed by atoms with Crippen molar-refractivity contribution in [2.45, 2.75) is 58.0 Å². The number of nitrogens with one attached hydrogen (secondary N) is 1. The maximum atomic E-state index is 13.5. The second-order valence-electron chi connectivity index (χ2n) is 9.19. The van der Waals surface area contributed by atoms with Crippen molar-refractivity contribution in [3.63, 3.8) is 0 Å². The maximum absolute atomic E-state index is 13.5. The van der Waals surface area contributed by atoms with Gasteiger partial charge in [0.05, 0.1) is 11.5 Å². The highest BCUT2D eigenvalue weighted by molar-refractivity contribution is 7.91. The summed E-state index contributed by atoms with van der Waals surface area (Å²) < 4.78 is 24.0. The molecule has 176 valence electrons. The number of hydrogen-bond acceptors (Lipinski definition) is 5. The summed E-state index contributed by atoms with van der Waals surface area (Å²) >= 11 is 0. The van der Waals surface area contributed by atoms with Crippen LogP contribution in [0.2, 0.25) is 0 Å². The molecule has 2 atom stereocenters. The number of imide groups is 1. The van der Waals surface area contributed by atoms with Crippen LogP contribution in [0.3, 0.4) is 0 Å². The van der Waals surface area contributed by atoms with E-state index in [1.807, 2.05) is 51.1 Å². The van der Waals surface area contributed by atoms with E-state index in [4.69, 9.17) is 0 Å². The summed E-state index contributed by atoms with van der Waals surface area (Å²) in [6, 6.07) is 8.10. The first-order valence-corrected chi connectivity index (χ1v) is 13.1. The Morgan fingerprint density at radius 3 is 2.50 bits per heavy atom. The van der Waals surface area contributed by atoms with Crippen LogP contribution in [-0.4, -0.2) is 66.7 Å². The summed E-state index contributed by atoms with van der Waals surface area (Å²) in [7, 11) is -3.18. The van der Waals surface area contributed by atoms with Crippen LogP contribution >= 0.6 is 0 Å². The van der Waals surface area contributed by atoms with Crippen molar-refractivity contribution in [2.24, 2.45) is 5.92 Å². The number of rotatable bonds is 9. The molecule has 0 bridgehead atoms. The fraction of sp³-hybridized carbons (Fsp3) is 0.609. The molecule has 1 N–H and O–H groups in total. The Kier molecular flexibility index (Phi) is 7.27. The maximum Gasteiger partial charge on any atom is 0.325 e. The largest absolute Gasteiger partial charge is 0.337 e. The Balaban J connectivity index is 1.84. The molecule has 2 heterocycles. The molecule has 9 heteroatoms. The molecule has 32 heavy (non-hydrogen) atoms. The zero-order valence-electron chi connectivity index (χ0n) is 19.0. The number of hydrogen-bond donors (Lipinski definition) is 1. The minimum Gasteiger partial charge on any atom is -0.337 e. The minimum atomic E-state index is -3.18. The Bertz CT molecular complexity index is 963. The van der Waals surface area contributed by atoms with Gasteiger partial charge in [0, 0.05) is 12.6 Å². The topological polar surface area (TPSA) is 104 Å². The molecule has 0 aromatic heterocycles. The quantitative estimate of drug-likeness (QED) is 0.566. The molecule has 0 aliphatic carbocycles. The lowest BCUT2D eigenvalue weighted by Crippen LogP contribution is -2.49. The molecule has 0 spiro atoms. The highest BCUT2D eigenvalue weighted by Crippen LogP contribution is 2.34. The van der Waals surface area contributed by atoms with Gasteiger partial charge in [-0.25, -0.2) is 13.2 Å². The zero-order valence-corrected chi connectivity index (χ0v) is 19.9. The molecular formula is C23H33N3O5S. The molecule has 2 saturated heterocycles. The lowest BCUT2D eigenvalue weighted by Gasteiger charge is -2.31. The average molecular weight is 464 g/mol. The van der Waals surface area contributed by atoms with Crippen molar-refractivity contribution in [1.82, 2.24) is 15.1 Å². The first-order valence-electron chi connectivity index (χ1n) is 11.3. The van der Waals surface area contributed by atoms with Crippen LogP contribution in [0.4, 0.5) is 4.79 Å². The second-order valence-corrected chi connectivity index (χ2v) is 11.4. The molecule has 1 aromatic carbocycles. The number of carbonyl (C=O) groups is 3. The average Bonchev–Trinajstić information content (AvgIpc) is 3.22. The molecule has 1 aromatic rings. The number of amides is 4. The predicted octanol–water partition coefficient (Wildman–Crippen LogP) is 2.30. The summed E-state index contributed by atoms with van der Waals surface area (Å²) in [5.41, 5.74) is -0.489. The van der Waals surface area contributed by atoms with Crippen LogP contribution < -0.4 is 5.32 Å². The fourth-order valence-corrected chi connectivity index (χ4v) is 6.27. The number of unbranched alkanes of at least 4 members (excludes halogenated alkanes) is 1. The summed E-state index contributed by atoms with van der Waals surface area (Å²) in [6.07, 6.45) is 2.42. The smallest absolute Gasteiger partial charge is 0.325 e. The summed E-state index contributed by atoms with van der Waals surface area (Å²) in [5.74, 6) is -0.728. The second kappa shape index (κ2) is 9.60. The van der Waals surface area contributed by atoms with Gasteiger partial charge in [0.25, 0.3) is 5.91 Å². The molecule has 2 fully saturated rings. The Morgan fingerprint density at radius 2 is 1.94 bits per heavy atom. The number of nitrogens with zero attached hydrogens (tertiary/aromatic N) is 2. The Labute approximate surface area is 190 Å². The lowest BCUT2D eigenvalue weighted by atomic mass is 9.85. The minimum absolute atomic E-state index is 0.0524. The van der Waals surface area contributed by atoms with Gasteiger partial charge in [0.15, 0.2) is 9.84 Å². The van der Waals surface area contributed by atoms with Crippen LogP contribution in [0.5, 0.6) is 0 Å². The highest BCUT2D eigenvalue weighted by Gasteiger charge is 2.52. The number of benzene rings is 1. The molecular weight excluding hydrogens is 430 g/mol. The van der Waals surface area contributed by atoms with Gasteiger partial charge in [-0.15, -0.1) is 0 Å². The van der Waals surface area contributed by atoms with Crippen LogP contribution in [0.1, 0.15) is 52.0 Å². The van der Waals surface area contributed by atoms with E-state index in [1.54, 1.807) is 4.90 Å². The third-order valence-corrected chi connectivity index (χ3v) is 7.92. The summed E-state index contributed by atoms with van der Waals surface area (Å²) in [4.78, 5) is 42.2. The SMILES string of the molecule is CCCCC1(c2ccccc2)NC(=O)N(CC(=O)N(CC(C)C)C2CCS(=O)(=O)C2)C1=O. The van der Waals surface area contributed by atoms with Gasteiger partial charge in [-0.1, -0.05) is 63.9 Å². The van der Waals surface area contributed by atoms with Gasteiger partial charge in [0.2, 0.25) is 5.91 Å². The monoisotopic (exact) mass is 463 g/mol. The zero-order chi connectivity index (χ0) is 23.5. The standard InChI is InChI=1S/C23H33N3O5S/c1-4-5-12-23(18-9-7-6-8-10-18)21(28)26(22(29)24-23)15-20(27)25(14-17(2)3)19-11-13-32(30,31)16-19/h6-10,17,19H,4-5,11-16H2,1-3H3,(H,24,29). The van der Waals surface area contributed by atoms with E-state index >= 15 is 0 Å². The van der Waals surface area contributed by atoms with Crippen LogP contribution in [0.15, 0.2) is 30.3 Å². The fourth-order valence-electron chi connectivity index (χ4n) is 4.54. The van der Waals surface area contributed by atoms with Crippen molar-refractivity contribution in [3.8, 4) is 0 Å². The van der Waals surface area contributed by atoms with Crippen LogP contribution in [0, 0.1) is 5.92 Å². The van der Waals surface area contributed by atoms with Crippen LogP contribution in [0.25, 0.3) is 0 Å². The third kappa shape index (κ3) is 4.98. The number of urea groups is 1. The van der Waals surface area contributed by atoms with E-state index in [0.29, 0.717) is 24.9 Å². The van der Waals surface area contributed by atoms with Gasteiger partial charge < -0.3 is 10.2 Å². The Hall–Kier alpha value is -2.42. The molecule has 2 unspecified atom stereocenters. The van der Waals surface area contributed by atoms with Gasteiger partial charge in [-0.05, 0) is 24.3 Å². The molecule has 3 rings (SSSR count). The van der Waals surface area contributed by atoms with Gasteiger partial charge >= 0.3 is 6.03 Å². The van der Waals surface area contributed by atoms with Crippen molar-refractivity contribution in [1.29, 1.82) is 0 Å². The van der Waals surface area contributed by atoms with Gasteiger partial charge in [-0.2, -0.15) is 0 Å². The van der Waals surface area contributed by atoms with Crippen molar-refractivity contribution < 1.29 is 22.8 Å². The number of carbonyl (C=O) groups excluding carboxylic acids is 3. The molecule has 0 radical (unpaired) electrons. The molecule has 0 saturated carbocycles. The summed E-state index contributed by atoms with van der Waals surface area (Å²) in [6.45, 7) is 5.89. The van der Waals surface area contributed by atoms with E-state index in [0.717, 1.165) is 17.7 Å². The first kappa shape index (κ1) is 24.2. The normalized spacial score (nSPS) is 24.8. The van der Waals surface area contributed by atoms with E-state index in [2.05, 4.69) is 5.32 Å². The molecule has 4 amide bonds. The van der Waals surface area contributed by atoms with Crippen molar-refractivity contribution in [2.75, 3.05) is 24.6 Å². The predicted molar refractivity (Wildman–Crippen MR) is 121 cm³/mol. The van der Waals surface area contributed by atoms with E-state index < -0.39 is 45.8 Å². The summed E-state index contributed by atoms with van der Waals surface area (Å²) in [5, 5.41) is 2.86. The van der Waals surface area contributed by atoms with E-state index in [-0.39, 0.29) is 17.4 Å². The molecule has 8 nitrogen and oxygen atoms in total. The molecule has 2 aliphatic rings. The number of sulfone groups is 1. The first-order chi connectivity index (χ1) is 15.1. The Morgan fingerprint density at radius 1 is 1.25 bits per heavy atom. The van der Waals surface area contributed by atoms with Crippen LogP contribution in [-0.2, 0) is 25.0 Å². The van der Waals surface area contributed by atoms with Crippen molar-refractivity contribution >= 4 is 27.7 Å². The molecule has 2 aliphatic heterocycles.